The second-order valence-electron chi connectivity index (χ2n) is 4.01. The molecule has 0 spiro atoms. The number of aryl methyl sites for hydroxylation is 1. The number of hydrogen-bond donors (Lipinski definition) is 1. The number of hydrogen-bond acceptors (Lipinski definition) is 5. The normalized spacial score (nSPS) is 10.4. The third-order valence-corrected chi connectivity index (χ3v) is 5.58. The van der Waals surface area contributed by atoms with Gasteiger partial charge in [-0.3, -0.25) is 4.79 Å². The highest BCUT2D eigenvalue weighted by Gasteiger charge is 2.16. The molecule has 21 heavy (non-hydrogen) atoms. The van der Waals surface area contributed by atoms with Gasteiger partial charge in [-0.25, -0.2) is 9.37 Å². The number of aliphatic carboxylic acids is 1. The van der Waals surface area contributed by atoms with Crippen LogP contribution in [0.3, 0.4) is 0 Å². The molecule has 1 N–H and O–H groups in total. The highest BCUT2D eigenvalue weighted by Crippen LogP contribution is 2.37. The zero-order chi connectivity index (χ0) is 15.6. The lowest BCUT2D eigenvalue weighted by atomic mass is 10.2. The Kier molecular flexibility index (Phi) is 4.98. The molecule has 0 atom stereocenters. The molecule has 0 aliphatic heterocycles. The highest BCUT2D eigenvalue weighted by atomic mass is 79.9. The van der Waals surface area contributed by atoms with Crippen molar-refractivity contribution >= 4 is 45.0 Å². The summed E-state index contributed by atoms with van der Waals surface area (Å²) in [7, 11) is 0. The van der Waals surface area contributed by atoms with Gasteiger partial charge in [-0.2, -0.15) is 5.26 Å². The highest BCUT2D eigenvalue weighted by molar-refractivity contribution is 9.10. The topological polar surface area (TPSA) is 74.0 Å². The Morgan fingerprint density at radius 2 is 2.33 bits per heavy atom. The molecule has 1 heterocycles. The third-order valence-electron chi connectivity index (χ3n) is 2.55. The summed E-state index contributed by atoms with van der Waals surface area (Å²) in [6.45, 7) is 1.73. The maximum Gasteiger partial charge on any atom is 0.308 e. The first-order valence-electron chi connectivity index (χ1n) is 5.66. The predicted octanol–water partition coefficient (Wildman–Crippen LogP) is 4.00. The molecule has 108 valence electrons. The van der Waals surface area contributed by atoms with Crippen molar-refractivity contribution in [3.63, 3.8) is 0 Å². The van der Waals surface area contributed by atoms with Gasteiger partial charge in [0.15, 0.2) is 10.2 Å². The summed E-state index contributed by atoms with van der Waals surface area (Å²) in [5.74, 6) is -1.45. The first kappa shape index (κ1) is 15.9. The lowest BCUT2D eigenvalue weighted by Gasteiger charge is -2.03. The number of thiazole rings is 1. The molecular weight excluding hydrogens is 379 g/mol. The van der Waals surface area contributed by atoms with E-state index in [9.17, 15) is 9.18 Å². The molecule has 1 aromatic heterocycles. The summed E-state index contributed by atoms with van der Waals surface area (Å²) in [6.07, 6.45) is -0.0936. The number of benzene rings is 1. The van der Waals surface area contributed by atoms with Crippen LogP contribution in [0.4, 0.5) is 4.39 Å². The van der Waals surface area contributed by atoms with E-state index < -0.39 is 11.8 Å². The van der Waals surface area contributed by atoms with Crippen LogP contribution in [-0.4, -0.2) is 16.1 Å². The van der Waals surface area contributed by atoms with Crippen LogP contribution in [0.5, 0.6) is 0 Å². The molecule has 0 amide bonds. The van der Waals surface area contributed by atoms with Crippen LogP contribution >= 0.6 is 39.0 Å². The van der Waals surface area contributed by atoms with Gasteiger partial charge < -0.3 is 5.11 Å². The van der Waals surface area contributed by atoms with Gasteiger partial charge in [0.25, 0.3) is 0 Å². The molecule has 1 aromatic carbocycles. The van der Waals surface area contributed by atoms with Crippen LogP contribution < -0.4 is 0 Å². The van der Waals surface area contributed by atoms with Gasteiger partial charge in [0.2, 0.25) is 0 Å². The zero-order valence-corrected chi connectivity index (χ0v) is 13.9. The molecule has 0 saturated carbocycles. The van der Waals surface area contributed by atoms with Crippen molar-refractivity contribution in [2.75, 3.05) is 0 Å². The summed E-state index contributed by atoms with van der Waals surface area (Å²) < 4.78 is 14.8. The van der Waals surface area contributed by atoms with Crippen LogP contribution in [0.15, 0.2) is 25.8 Å². The van der Waals surface area contributed by atoms with Crippen LogP contribution in [-0.2, 0) is 11.2 Å². The molecule has 0 aliphatic rings. The fourth-order valence-electron chi connectivity index (χ4n) is 1.54. The van der Waals surface area contributed by atoms with Crippen molar-refractivity contribution in [1.29, 1.82) is 5.26 Å². The van der Waals surface area contributed by atoms with E-state index in [0.29, 0.717) is 19.8 Å². The molecule has 0 radical (unpaired) electrons. The van der Waals surface area contributed by atoms with E-state index in [-0.39, 0.29) is 16.5 Å². The first-order valence-corrected chi connectivity index (χ1v) is 8.09. The van der Waals surface area contributed by atoms with Gasteiger partial charge in [0.05, 0.1) is 27.0 Å². The van der Waals surface area contributed by atoms with E-state index in [1.807, 2.05) is 6.07 Å². The second-order valence-corrected chi connectivity index (χ2v) is 7.18. The largest absolute Gasteiger partial charge is 0.481 e. The average Bonchev–Trinajstić information content (AvgIpc) is 2.75. The maximum atomic E-state index is 14.1. The molecule has 2 aromatic rings. The summed E-state index contributed by atoms with van der Waals surface area (Å²) >= 11 is 5.39. The van der Waals surface area contributed by atoms with E-state index in [2.05, 4.69) is 20.9 Å². The molecule has 0 bridgehead atoms. The maximum absolute atomic E-state index is 14.1. The summed E-state index contributed by atoms with van der Waals surface area (Å²) in [5.41, 5.74) is 0.858. The van der Waals surface area contributed by atoms with Crippen LogP contribution in [0.1, 0.15) is 16.1 Å². The van der Waals surface area contributed by atoms with Crippen molar-refractivity contribution in [2.45, 2.75) is 22.6 Å². The number of nitriles is 1. The van der Waals surface area contributed by atoms with Crippen molar-refractivity contribution in [2.24, 2.45) is 0 Å². The van der Waals surface area contributed by atoms with Crippen molar-refractivity contribution < 1.29 is 14.3 Å². The monoisotopic (exact) mass is 386 g/mol. The Morgan fingerprint density at radius 1 is 1.62 bits per heavy atom. The third kappa shape index (κ3) is 3.61. The van der Waals surface area contributed by atoms with Gasteiger partial charge in [0, 0.05) is 4.88 Å². The Labute approximate surface area is 136 Å². The lowest BCUT2D eigenvalue weighted by Crippen LogP contribution is -1.99. The molecule has 8 heteroatoms. The summed E-state index contributed by atoms with van der Waals surface area (Å²) in [4.78, 5) is 16.0. The van der Waals surface area contributed by atoms with Gasteiger partial charge in [-0.1, -0.05) is 11.8 Å². The van der Waals surface area contributed by atoms with Crippen LogP contribution in [0.25, 0.3) is 0 Å². The van der Waals surface area contributed by atoms with E-state index in [4.69, 9.17) is 10.4 Å². The van der Waals surface area contributed by atoms with Gasteiger partial charge in [-0.05, 0) is 35.0 Å². The number of carboxylic acids is 1. The Bertz CT molecular complexity index is 755. The minimum atomic E-state index is -0.925. The molecule has 0 saturated heterocycles. The lowest BCUT2D eigenvalue weighted by molar-refractivity contribution is -0.136. The zero-order valence-electron chi connectivity index (χ0n) is 10.7. The van der Waals surface area contributed by atoms with E-state index in [1.165, 1.54) is 23.5 Å². The van der Waals surface area contributed by atoms with Crippen LogP contribution in [0.2, 0.25) is 0 Å². The molecular formula is C13H8BrFN2O2S2. The van der Waals surface area contributed by atoms with Crippen LogP contribution in [0, 0.1) is 24.1 Å². The minimum absolute atomic E-state index is 0.0936. The first-order chi connectivity index (χ1) is 9.92. The predicted molar refractivity (Wildman–Crippen MR) is 81.1 cm³/mol. The Balaban J connectivity index is 2.29. The number of nitrogens with zero attached hydrogens (tertiary/aromatic N) is 2. The molecule has 4 nitrogen and oxygen atoms in total. The van der Waals surface area contributed by atoms with E-state index >= 15 is 0 Å². The Morgan fingerprint density at radius 3 is 2.95 bits per heavy atom. The molecule has 0 aliphatic carbocycles. The van der Waals surface area contributed by atoms with Gasteiger partial charge in [-0.15, -0.1) is 11.3 Å². The van der Waals surface area contributed by atoms with Crippen molar-refractivity contribution in [1.82, 2.24) is 4.98 Å². The number of rotatable bonds is 4. The summed E-state index contributed by atoms with van der Waals surface area (Å²) in [6, 6.07) is 4.92. The number of carboxylic acid groups (broad SMARTS) is 1. The fraction of sp³-hybridized carbons (Fsp3) is 0.154. The van der Waals surface area contributed by atoms with Crippen molar-refractivity contribution in [3.05, 3.63) is 38.6 Å². The quantitative estimate of drug-likeness (QED) is 0.859. The fourth-order valence-corrected chi connectivity index (χ4v) is 4.32. The summed E-state index contributed by atoms with van der Waals surface area (Å²) in [5, 5.41) is 17.6. The van der Waals surface area contributed by atoms with Gasteiger partial charge in [0.1, 0.15) is 6.07 Å². The second kappa shape index (κ2) is 6.56. The van der Waals surface area contributed by atoms with E-state index in [1.54, 1.807) is 6.92 Å². The number of halogens is 2. The number of carbonyl (C=O) groups is 1. The van der Waals surface area contributed by atoms with Gasteiger partial charge >= 0.3 is 5.97 Å². The molecule has 0 unspecified atom stereocenters. The molecule has 0 fully saturated rings. The average molecular weight is 387 g/mol. The Hall–Kier alpha value is -1.43. The minimum Gasteiger partial charge on any atom is -0.481 e. The van der Waals surface area contributed by atoms with E-state index in [0.717, 1.165) is 11.8 Å². The smallest absolute Gasteiger partial charge is 0.308 e. The molecule has 2 rings (SSSR count). The van der Waals surface area contributed by atoms with Crippen molar-refractivity contribution in [3.8, 4) is 6.07 Å². The SMILES string of the molecule is Cc1nc(Sc2ccc(C#N)c(Br)c2F)sc1CC(=O)O. The standard InChI is InChI=1S/C13H8BrFN2O2S2/c1-6-9(4-10(18)19)21-13(17-6)20-8-3-2-7(5-16)11(14)12(8)15/h2-3H,4H2,1H3,(H,18,19). The number of aromatic nitrogens is 1.